The van der Waals surface area contributed by atoms with Gasteiger partial charge in [0.1, 0.15) is 4.88 Å². The van der Waals surface area contributed by atoms with Gasteiger partial charge in [-0.15, -0.1) is 12.4 Å². The third-order valence-electron chi connectivity index (χ3n) is 3.24. The predicted octanol–water partition coefficient (Wildman–Crippen LogP) is 1.60. The first-order chi connectivity index (χ1) is 9.89. The molecule has 8 heteroatoms. The van der Waals surface area contributed by atoms with Crippen molar-refractivity contribution >= 4 is 34.8 Å². The van der Waals surface area contributed by atoms with E-state index in [1.807, 2.05) is 13.8 Å². The number of anilines is 1. The van der Waals surface area contributed by atoms with Crippen LogP contribution < -0.4 is 10.6 Å². The molecule has 0 aromatic carbocycles. The normalized spacial score (nSPS) is 16.3. The van der Waals surface area contributed by atoms with Crippen LogP contribution >= 0.6 is 23.7 Å². The molecule has 1 aliphatic heterocycles. The number of carbonyl (C=O) groups excluding carboxylic acids is 1. The molecule has 1 aromatic heterocycles. The molecule has 0 saturated carbocycles. The lowest BCUT2D eigenvalue weighted by atomic mass is 10.1. The Morgan fingerprint density at radius 3 is 2.59 bits per heavy atom. The zero-order valence-corrected chi connectivity index (χ0v) is 15.0. The topological polar surface area (TPSA) is 71.7 Å². The molecule has 22 heavy (non-hydrogen) atoms. The molecular weight excluding hydrogens is 324 g/mol. The summed E-state index contributed by atoms with van der Waals surface area (Å²) in [5.74, 6) is -0.287. The van der Waals surface area contributed by atoms with E-state index in [-0.39, 0.29) is 23.9 Å². The number of thiazole rings is 1. The van der Waals surface area contributed by atoms with E-state index in [0.29, 0.717) is 11.5 Å². The second kappa shape index (κ2) is 8.10. The Balaban J connectivity index is 0.00000242. The van der Waals surface area contributed by atoms with E-state index >= 15 is 0 Å². The van der Waals surface area contributed by atoms with Crippen LogP contribution in [-0.2, 0) is 4.74 Å². The second-order valence-electron chi connectivity index (χ2n) is 5.98. The molecule has 2 rings (SSSR count). The van der Waals surface area contributed by atoms with Crippen LogP contribution in [0.25, 0.3) is 0 Å². The molecule has 126 valence electrons. The van der Waals surface area contributed by atoms with Crippen molar-refractivity contribution < 1.29 is 9.53 Å². The third kappa shape index (κ3) is 5.39. The van der Waals surface area contributed by atoms with Gasteiger partial charge < -0.3 is 15.4 Å². The van der Waals surface area contributed by atoms with E-state index in [4.69, 9.17) is 10.5 Å². The smallest absolute Gasteiger partial charge is 0.350 e. The molecule has 2 heterocycles. The number of hydrogen-bond acceptors (Lipinski definition) is 7. The first kappa shape index (κ1) is 19.2. The maximum absolute atomic E-state index is 11.7. The molecular formula is C14H25ClN4O2S. The van der Waals surface area contributed by atoms with Gasteiger partial charge in [0.05, 0.1) is 12.8 Å². The van der Waals surface area contributed by atoms with Gasteiger partial charge in [-0.3, -0.25) is 4.90 Å². The fraction of sp³-hybridized carbons (Fsp3) is 0.714. The minimum Gasteiger partial charge on any atom is -0.462 e. The van der Waals surface area contributed by atoms with Crippen molar-refractivity contribution in [1.82, 2.24) is 9.88 Å². The van der Waals surface area contributed by atoms with Crippen LogP contribution in [0.3, 0.4) is 0 Å². The van der Waals surface area contributed by atoms with Crippen LogP contribution in [0.5, 0.6) is 0 Å². The van der Waals surface area contributed by atoms with Crippen LogP contribution in [0.15, 0.2) is 6.20 Å². The Morgan fingerprint density at radius 2 is 2.05 bits per heavy atom. The Bertz CT molecular complexity index is 481. The summed E-state index contributed by atoms with van der Waals surface area (Å²) in [5.41, 5.74) is 5.89. The van der Waals surface area contributed by atoms with Crippen molar-refractivity contribution in [3.63, 3.8) is 0 Å². The molecule has 2 N–H and O–H groups in total. The number of carbonyl (C=O) groups is 1. The zero-order valence-electron chi connectivity index (χ0n) is 13.4. The van der Waals surface area contributed by atoms with Gasteiger partial charge in [-0.2, -0.15) is 0 Å². The number of aromatic nitrogens is 1. The molecule has 1 aromatic rings. The lowest BCUT2D eigenvalue weighted by molar-refractivity contribution is 0.0532. The van der Waals surface area contributed by atoms with Crippen molar-refractivity contribution in [3.05, 3.63) is 11.1 Å². The summed E-state index contributed by atoms with van der Waals surface area (Å²) in [6.07, 6.45) is 1.60. The zero-order chi connectivity index (χ0) is 15.5. The SMILES string of the molecule is CCOC(=O)c1cnc(N2CCN(CC(C)(C)N)CC2)s1.Cl. The van der Waals surface area contributed by atoms with Crippen molar-refractivity contribution in [2.75, 3.05) is 44.2 Å². The van der Waals surface area contributed by atoms with Crippen molar-refractivity contribution in [2.24, 2.45) is 5.73 Å². The van der Waals surface area contributed by atoms with Gasteiger partial charge in [-0.1, -0.05) is 11.3 Å². The number of esters is 1. The van der Waals surface area contributed by atoms with E-state index in [0.717, 1.165) is 37.9 Å². The van der Waals surface area contributed by atoms with Gasteiger partial charge in [0, 0.05) is 38.3 Å². The van der Waals surface area contributed by atoms with Gasteiger partial charge in [-0.25, -0.2) is 9.78 Å². The number of ether oxygens (including phenoxy) is 1. The fourth-order valence-electron chi connectivity index (χ4n) is 2.38. The van der Waals surface area contributed by atoms with E-state index in [1.54, 1.807) is 13.1 Å². The lowest BCUT2D eigenvalue weighted by Gasteiger charge is -2.37. The Morgan fingerprint density at radius 1 is 1.41 bits per heavy atom. The van der Waals surface area contributed by atoms with Gasteiger partial charge in [-0.05, 0) is 20.8 Å². The maximum atomic E-state index is 11.7. The van der Waals surface area contributed by atoms with Crippen LogP contribution in [0.1, 0.15) is 30.4 Å². The number of hydrogen-bond donors (Lipinski definition) is 1. The van der Waals surface area contributed by atoms with Crippen LogP contribution in [0.4, 0.5) is 5.13 Å². The molecule has 6 nitrogen and oxygen atoms in total. The molecule has 1 aliphatic rings. The summed E-state index contributed by atoms with van der Waals surface area (Å²) in [5, 5.41) is 0.893. The molecule has 0 spiro atoms. The predicted molar refractivity (Wildman–Crippen MR) is 92.2 cm³/mol. The summed E-state index contributed by atoms with van der Waals surface area (Å²) in [6.45, 7) is 10.9. The first-order valence-electron chi connectivity index (χ1n) is 7.28. The maximum Gasteiger partial charge on any atom is 0.350 e. The van der Waals surface area contributed by atoms with Crippen LogP contribution in [-0.4, -0.2) is 60.7 Å². The molecule has 1 saturated heterocycles. The molecule has 0 radical (unpaired) electrons. The summed E-state index contributed by atoms with van der Waals surface area (Å²) in [6, 6.07) is 0. The van der Waals surface area contributed by atoms with Crippen molar-refractivity contribution in [2.45, 2.75) is 26.3 Å². The number of nitrogens with two attached hydrogens (primary N) is 1. The van der Waals surface area contributed by atoms with E-state index in [1.165, 1.54) is 11.3 Å². The van der Waals surface area contributed by atoms with E-state index in [9.17, 15) is 4.79 Å². The standard InChI is InChI=1S/C14H24N4O2S.ClH/c1-4-20-12(19)11-9-16-13(21-11)18-7-5-17(6-8-18)10-14(2,3)15;/h9H,4-8,10,15H2,1-3H3;1H. The fourth-order valence-corrected chi connectivity index (χ4v) is 3.24. The highest BCUT2D eigenvalue weighted by Crippen LogP contribution is 2.24. The molecule has 0 atom stereocenters. The molecule has 0 bridgehead atoms. The van der Waals surface area contributed by atoms with Crippen molar-refractivity contribution in [3.8, 4) is 0 Å². The highest BCUT2D eigenvalue weighted by molar-refractivity contribution is 7.17. The molecule has 1 fully saturated rings. The van der Waals surface area contributed by atoms with E-state index in [2.05, 4.69) is 14.8 Å². The van der Waals surface area contributed by atoms with Gasteiger partial charge in [0.2, 0.25) is 0 Å². The second-order valence-corrected chi connectivity index (χ2v) is 6.99. The molecule has 0 aliphatic carbocycles. The summed E-state index contributed by atoms with van der Waals surface area (Å²) in [7, 11) is 0. The number of halogens is 1. The Hall–Kier alpha value is -0.890. The average molecular weight is 349 g/mol. The number of piperazine rings is 1. The Kier molecular flexibility index (Phi) is 7.05. The monoisotopic (exact) mass is 348 g/mol. The number of nitrogens with zero attached hydrogens (tertiary/aromatic N) is 3. The lowest BCUT2D eigenvalue weighted by Crippen LogP contribution is -2.53. The quantitative estimate of drug-likeness (QED) is 0.815. The number of rotatable bonds is 5. The van der Waals surface area contributed by atoms with Crippen LogP contribution in [0.2, 0.25) is 0 Å². The summed E-state index contributed by atoms with van der Waals surface area (Å²) >= 11 is 1.40. The van der Waals surface area contributed by atoms with E-state index < -0.39 is 0 Å². The average Bonchev–Trinajstić information content (AvgIpc) is 2.87. The summed E-state index contributed by atoms with van der Waals surface area (Å²) in [4.78, 5) is 21.2. The molecule has 0 amide bonds. The minimum atomic E-state index is -0.287. The highest BCUT2D eigenvalue weighted by atomic mass is 35.5. The van der Waals surface area contributed by atoms with Crippen molar-refractivity contribution in [1.29, 1.82) is 0 Å². The molecule has 0 unspecified atom stereocenters. The van der Waals surface area contributed by atoms with Gasteiger partial charge in [0.15, 0.2) is 5.13 Å². The van der Waals surface area contributed by atoms with Gasteiger partial charge in [0.25, 0.3) is 0 Å². The third-order valence-corrected chi connectivity index (χ3v) is 4.28. The van der Waals surface area contributed by atoms with Crippen LogP contribution in [0, 0.1) is 0 Å². The first-order valence-corrected chi connectivity index (χ1v) is 8.10. The highest BCUT2D eigenvalue weighted by Gasteiger charge is 2.24. The summed E-state index contributed by atoms with van der Waals surface area (Å²) < 4.78 is 4.99. The Labute approximate surface area is 142 Å². The largest absolute Gasteiger partial charge is 0.462 e. The van der Waals surface area contributed by atoms with Gasteiger partial charge >= 0.3 is 5.97 Å². The minimum absolute atomic E-state index is 0.